The van der Waals surface area contributed by atoms with Gasteiger partial charge in [0.05, 0.1) is 12.6 Å². The normalized spacial score (nSPS) is 22.3. The summed E-state index contributed by atoms with van der Waals surface area (Å²) >= 11 is 0. The zero-order valence-corrected chi connectivity index (χ0v) is 11.9. The highest BCUT2D eigenvalue weighted by molar-refractivity contribution is 5.84. The Labute approximate surface area is 122 Å². The van der Waals surface area contributed by atoms with Crippen LogP contribution in [0.5, 0.6) is 0 Å². The minimum atomic E-state index is -2.61. The maximum atomic E-state index is 13.3. The van der Waals surface area contributed by atoms with E-state index in [9.17, 15) is 18.0 Å². The molecule has 0 radical (unpaired) electrons. The molecule has 1 heterocycles. The van der Waals surface area contributed by atoms with Crippen molar-refractivity contribution in [3.63, 3.8) is 0 Å². The molecule has 1 fully saturated rings. The Bertz CT molecular complexity index is 496. The van der Waals surface area contributed by atoms with E-state index >= 15 is 0 Å². The van der Waals surface area contributed by atoms with Gasteiger partial charge in [-0.3, -0.25) is 10.1 Å². The lowest BCUT2D eigenvalue weighted by Crippen LogP contribution is -2.35. The fraction of sp³-hybridized carbons (Fsp3) is 0.533. The summed E-state index contributed by atoms with van der Waals surface area (Å²) in [4.78, 5) is 13.4. The van der Waals surface area contributed by atoms with E-state index < -0.39 is 31.0 Å². The molecule has 0 aliphatic carbocycles. The summed E-state index contributed by atoms with van der Waals surface area (Å²) in [7, 11) is 0. The van der Waals surface area contributed by atoms with Crippen molar-refractivity contribution in [1.29, 1.82) is 0 Å². The first-order valence-corrected chi connectivity index (χ1v) is 7.13. The SMILES string of the molecule is CCCCC1NC(c2cccc(F)c2)N(CC(F)F)C1=O. The van der Waals surface area contributed by atoms with Gasteiger partial charge < -0.3 is 4.90 Å². The molecule has 116 valence electrons. The predicted octanol–water partition coefficient (Wildman–Crippen LogP) is 3.08. The van der Waals surface area contributed by atoms with Crippen LogP contribution in [-0.4, -0.2) is 29.8 Å². The molecule has 2 unspecified atom stereocenters. The van der Waals surface area contributed by atoms with E-state index in [1.54, 1.807) is 6.07 Å². The molecule has 0 aromatic heterocycles. The van der Waals surface area contributed by atoms with Gasteiger partial charge in [0.2, 0.25) is 5.91 Å². The minimum absolute atomic E-state index is 0.335. The monoisotopic (exact) mass is 300 g/mol. The number of unbranched alkanes of at least 4 members (excludes halogenated alkanes) is 1. The molecule has 1 amide bonds. The van der Waals surface area contributed by atoms with E-state index in [2.05, 4.69) is 5.32 Å². The molecule has 21 heavy (non-hydrogen) atoms. The van der Waals surface area contributed by atoms with Gasteiger partial charge in [-0.25, -0.2) is 13.2 Å². The van der Waals surface area contributed by atoms with Crippen molar-refractivity contribution in [2.45, 2.75) is 44.8 Å². The van der Waals surface area contributed by atoms with E-state index in [-0.39, 0.29) is 5.91 Å². The van der Waals surface area contributed by atoms with Gasteiger partial charge in [0, 0.05) is 0 Å². The summed E-state index contributed by atoms with van der Waals surface area (Å²) in [5, 5.41) is 3.05. The lowest BCUT2D eigenvalue weighted by Gasteiger charge is -2.24. The van der Waals surface area contributed by atoms with Gasteiger partial charge in [0.15, 0.2) is 0 Å². The Morgan fingerprint density at radius 1 is 1.38 bits per heavy atom. The molecular formula is C15H19F3N2O. The number of amides is 1. The van der Waals surface area contributed by atoms with Crippen LogP contribution in [0.15, 0.2) is 24.3 Å². The first-order chi connectivity index (χ1) is 10.0. The lowest BCUT2D eigenvalue weighted by atomic mass is 10.1. The Balaban J connectivity index is 2.22. The minimum Gasteiger partial charge on any atom is -0.316 e. The highest BCUT2D eigenvalue weighted by Gasteiger charge is 2.40. The number of carbonyl (C=O) groups excluding carboxylic acids is 1. The third-order valence-electron chi connectivity index (χ3n) is 3.60. The van der Waals surface area contributed by atoms with Crippen LogP contribution in [0.25, 0.3) is 0 Å². The Morgan fingerprint density at radius 3 is 2.76 bits per heavy atom. The largest absolute Gasteiger partial charge is 0.316 e. The highest BCUT2D eigenvalue weighted by atomic mass is 19.3. The number of rotatable bonds is 6. The Morgan fingerprint density at radius 2 is 2.14 bits per heavy atom. The molecular weight excluding hydrogens is 281 g/mol. The molecule has 0 saturated carbocycles. The Kier molecular flexibility index (Phi) is 5.22. The molecule has 1 aromatic carbocycles. The summed E-state index contributed by atoms with van der Waals surface area (Å²) in [6.45, 7) is 1.36. The number of nitrogens with zero attached hydrogens (tertiary/aromatic N) is 1. The van der Waals surface area contributed by atoms with Crippen molar-refractivity contribution in [2.75, 3.05) is 6.54 Å². The maximum absolute atomic E-state index is 13.3. The van der Waals surface area contributed by atoms with Crippen molar-refractivity contribution in [3.8, 4) is 0 Å². The smallest absolute Gasteiger partial charge is 0.255 e. The average Bonchev–Trinajstić information content (AvgIpc) is 2.73. The van der Waals surface area contributed by atoms with Crippen LogP contribution in [0.3, 0.4) is 0 Å². The van der Waals surface area contributed by atoms with Crippen LogP contribution in [0.1, 0.15) is 37.9 Å². The molecule has 1 saturated heterocycles. The van der Waals surface area contributed by atoms with Gasteiger partial charge >= 0.3 is 0 Å². The van der Waals surface area contributed by atoms with E-state index in [1.165, 1.54) is 18.2 Å². The van der Waals surface area contributed by atoms with Crippen molar-refractivity contribution < 1.29 is 18.0 Å². The van der Waals surface area contributed by atoms with Crippen molar-refractivity contribution in [1.82, 2.24) is 10.2 Å². The van der Waals surface area contributed by atoms with Gasteiger partial charge in [-0.15, -0.1) is 0 Å². The van der Waals surface area contributed by atoms with Crippen LogP contribution in [0.2, 0.25) is 0 Å². The fourth-order valence-electron chi connectivity index (χ4n) is 2.59. The fourth-order valence-corrected chi connectivity index (χ4v) is 2.59. The number of halogens is 3. The maximum Gasteiger partial charge on any atom is 0.255 e. The van der Waals surface area contributed by atoms with E-state index in [4.69, 9.17) is 0 Å². The molecule has 6 heteroatoms. The molecule has 1 aromatic rings. The van der Waals surface area contributed by atoms with Crippen LogP contribution in [-0.2, 0) is 4.79 Å². The third-order valence-corrected chi connectivity index (χ3v) is 3.60. The molecule has 2 atom stereocenters. The van der Waals surface area contributed by atoms with Crippen LogP contribution < -0.4 is 5.32 Å². The molecule has 3 nitrogen and oxygen atoms in total. The molecule has 2 rings (SSSR count). The first kappa shape index (κ1) is 15.8. The van der Waals surface area contributed by atoms with E-state index in [1.807, 2.05) is 6.92 Å². The van der Waals surface area contributed by atoms with Crippen LogP contribution >= 0.6 is 0 Å². The van der Waals surface area contributed by atoms with Gasteiger partial charge in [0.25, 0.3) is 6.43 Å². The zero-order valence-electron chi connectivity index (χ0n) is 11.9. The highest BCUT2D eigenvalue weighted by Crippen LogP contribution is 2.28. The number of nitrogens with one attached hydrogen (secondary N) is 1. The summed E-state index contributed by atoms with van der Waals surface area (Å²) in [5.41, 5.74) is 0.489. The predicted molar refractivity (Wildman–Crippen MR) is 73.3 cm³/mol. The summed E-state index contributed by atoms with van der Waals surface area (Å²) in [5.74, 6) is -0.784. The van der Waals surface area contributed by atoms with E-state index in [0.717, 1.165) is 17.7 Å². The van der Waals surface area contributed by atoms with E-state index in [0.29, 0.717) is 12.0 Å². The number of hydrogen-bond donors (Lipinski definition) is 1. The van der Waals surface area contributed by atoms with Crippen molar-refractivity contribution in [2.24, 2.45) is 0 Å². The second-order valence-corrected chi connectivity index (χ2v) is 5.20. The third kappa shape index (κ3) is 3.75. The standard InChI is InChI=1S/C15H19F3N2O/c1-2-3-7-12-15(21)20(9-13(17)18)14(19-12)10-5-4-6-11(16)8-10/h4-6,8,12-14,19H,2-3,7,9H2,1H3. The second kappa shape index (κ2) is 6.93. The lowest BCUT2D eigenvalue weighted by molar-refractivity contribution is -0.132. The van der Waals surface area contributed by atoms with Crippen molar-refractivity contribution in [3.05, 3.63) is 35.6 Å². The molecule has 1 aliphatic rings. The molecule has 1 aliphatic heterocycles. The number of benzene rings is 1. The summed E-state index contributed by atoms with van der Waals surface area (Å²) in [6, 6.07) is 5.22. The molecule has 0 spiro atoms. The number of carbonyl (C=O) groups is 1. The van der Waals surface area contributed by atoms with Gasteiger partial charge in [0.1, 0.15) is 12.0 Å². The van der Waals surface area contributed by atoms with Gasteiger partial charge in [-0.05, 0) is 24.1 Å². The number of hydrogen-bond acceptors (Lipinski definition) is 2. The van der Waals surface area contributed by atoms with Gasteiger partial charge in [-0.2, -0.15) is 0 Å². The summed E-state index contributed by atoms with van der Waals surface area (Å²) < 4.78 is 38.8. The zero-order chi connectivity index (χ0) is 15.4. The van der Waals surface area contributed by atoms with Gasteiger partial charge in [-0.1, -0.05) is 31.9 Å². The van der Waals surface area contributed by atoms with Crippen LogP contribution in [0, 0.1) is 5.82 Å². The molecule has 0 bridgehead atoms. The average molecular weight is 300 g/mol. The first-order valence-electron chi connectivity index (χ1n) is 7.13. The number of alkyl halides is 2. The topological polar surface area (TPSA) is 32.3 Å². The Hall–Kier alpha value is -1.56. The molecule has 1 N–H and O–H groups in total. The second-order valence-electron chi connectivity index (χ2n) is 5.20. The quantitative estimate of drug-likeness (QED) is 0.875. The van der Waals surface area contributed by atoms with Crippen LogP contribution in [0.4, 0.5) is 13.2 Å². The van der Waals surface area contributed by atoms with Crippen molar-refractivity contribution >= 4 is 5.91 Å². The summed E-state index contributed by atoms with van der Waals surface area (Å²) in [6.07, 6.45) is -0.950.